The fraction of sp³-hybridized carbons (Fsp3) is 0.615. The fourth-order valence-electron chi connectivity index (χ4n) is 5.60. The van der Waals surface area contributed by atoms with E-state index < -0.39 is 11.6 Å². The molecule has 0 atom stereocenters. The smallest absolute Gasteiger partial charge is 0.339 e. The number of nitrogens with zero attached hydrogens (tertiary/aromatic N) is 3. The van der Waals surface area contributed by atoms with Gasteiger partial charge in [-0.15, -0.1) is 0 Å². The summed E-state index contributed by atoms with van der Waals surface area (Å²) in [7, 11) is 0. The molecule has 9 nitrogen and oxygen atoms in total. The van der Waals surface area contributed by atoms with Gasteiger partial charge < -0.3 is 10.2 Å². The van der Waals surface area contributed by atoms with Crippen LogP contribution in [0, 0.1) is 0 Å². The molecule has 5 amide bonds. The third-order valence-corrected chi connectivity index (χ3v) is 7.53. The minimum Gasteiger partial charge on any atom is -0.339 e. The van der Waals surface area contributed by atoms with E-state index in [2.05, 4.69) is 22.6 Å². The van der Waals surface area contributed by atoms with Crippen molar-refractivity contribution in [1.29, 1.82) is 0 Å². The Morgan fingerprint density at radius 1 is 1.06 bits per heavy atom. The molecule has 9 heteroatoms. The Morgan fingerprint density at radius 3 is 2.40 bits per heavy atom. The highest BCUT2D eigenvalue weighted by atomic mass is 16.2. The molecule has 2 N–H and O–H groups in total. The number of carbonyl (C=O) groups is 4. The lowest BCUT2D eigenvalue weighted by Crippen LogP contribution is -2.51. The zero-order valence-corrected chi connectivity index (χ0v) is 20.6. The summed E-state index contributed by atoms with van der Waals surface area (Å²) in [6, 6.07) is 9.11. The van der Waals surface area contributed by atoms with E-state index in [1.807, 2.05) is 35.2 Å². The van der Waals surface area contributed by atoms with Crippen molar-refractivity contribution in [2.24, 2.45) is 0 Å². The number of benzene rings is 1. The first-order valence-electron chi connectivity index (χ1n) is 13.0. The minimum absolute atomic E-state index is 0.0646. The van der Waals surface area contributed by atoms with Gasteiger partial charge in [0.05, 0.1) is 0 Å². The molecule has 0 bridgehead atoms. The number of hydrogen-bond donors (Lipinski definition) is 2. The summed E-state index contributed by atoms with van der Waals surface area (Å²) < 4.78 is 0. The van der Waals surface area contributed by atoms with Gasteiger partial charge in [-0.05, 0) is 50.8 Å². The monoisotopic (exact) mass is 483 g/mol. The van der Waals surface area contributed by atoms with Crippen molar-refractivity contribution >= 4 is 23.8 Å². The molecule has 0 unspecified atom stereocenters. The summed E-state index contributed by atoms with van der Waals surface area (Å²) in [5.74, 6) is -0.606. The van der Waals surface area contributed by atoms with Crippen LogP contribution in [-0.2, 0) is 9.59 Å². The van der Waals surface area contributed by atoms with Crippen molar-refractivity contribution in [1.82, 2.24) is 25.6 Å². The summed E-state index contributed by atoms with van der Waals surface area (Å²) >= 11 is 0. The summed E-state index contributed by atoms with van der Waals surface area (Å²) in [6.07, 6.45) is 6.98. The molecule has 1 saturated carbocycles. The number of hydrogen-bond acceptors (Lipinski definition) is 5. The number of imide groups is 1. The molecule has 3 aliphatic rings. The topological polar surface area (TPSA) is 102 Å². The number of urea groups is 1. The van der Waals surface area contributed by atoms with Crippen molar-refractivity contribution in [2.45, 2.75) is 76.3 Å². The van der Waals surface area contributed by atoms with E-state index in [0.29, 0.717) is 44.1 Å². The number of rotatable bonds is 8. The number of nitrogens with one attached hydrogen (secondary N) is 2. The lowest BCUT2D eigenvalue weighted by atomic mass is 9.82. The van der Waals surface area contributed by atoms with Crippen molar-refractivity contribution in [2.75, 3.05) is 26.2 Å². The largest absolute Gasteiger partial charge is 0.344 e. The van der Waals surface area contributed by atoms with Crippen LogP contribution in [0.3, 0.4) is 0 Å². The molecule has 2 saturated heterocycles. The molecule has 2 heterocycles. The van der Waals surface area contributed by atoms with E-state index in [1.54, 1.807) is 0 Å². The number of piperidine rings is 1. The molecule has 190 valence electrons. The van der Waals surface area contributed by atoms with Crippen LogP contribution in [0.4, 0.5) is 4.79 Å². The maximum atomic E-state index is 12.9. The predicted molar refractivity (Wildman–Crippen MR) is 131 cm³/mol. The Kier molecular flexibility index (Phi) is 8.05. The minimum atomic E-state index is -0.845. The summed E-state index contributed by atoms with van der Waals surface area (Å²) in [5.41, 5.74) is 2.41. The maximum Gasteiger partial charge on any atom is 0.344 e. The third kappa shape index (κ3) is 5.66. The van der Waals surface area contributed by atoms with E-state index >= 15 is 0 Å². The first-order valence-corrected chi connectivity index (χ1v) is 13.0. The molecule has 1 aromatic rings. The normalized spacial score (nSPS) is 20.4. The van der Waals surface area contributed by atoms with Crippen molar-refractivity contribution < 1.29 is 19.2 Å². The number of likely N-dealkylation sites (tertiary alicyclic amines) is 1. The molecular formula is C26H37N5O4. The number of hydrazine groups is 1. The quantitative estimate of drug-likeness (QED) is 0.554. The molecule has 2 aliphatic heterocycles. The molecule has 1 spiro atoms. The van der Waals surface area contributed by atoms with Crippen molar-refractivity contribution in [3.8, 4) is 0 Å². The van der Waals surface area contributed by atoms with E-state index in [4.69, 9.17) is 0 Å². The third-order valence-electron chi connectivity index (χ3n) is 7.53. The lowest BCUT2D eigenvalue weighted by Gasteiger charge is -2.38. The Labute approximate surface area is 207 Å². The highest BCUT2D eigenvalue weighted by molar-refractivity contribution is 6.08. The van der Waals surface area contributed by atoms with Gasteiger partial charge in [0.2, 0.25) is 5.91 Å². The average Bonchev–Trinajstić information content (AvgIpc) is 3.10. The zero-order valence-electron chi connectivity index (χ0n) is 20.6. The molecule has 1 aliphatic carbocycles. The maximum absolute atomic E-state index is 12.9. The van der Waals surface area contributed by atoms with Gasteiger partial charge in [0.25, 0.3) is 11.8 Å². The second kappa shape index (κ2) is 11.2. The Hall–Kier alpha value is -2.94. The molecule has 0 radical (unpaired) electrons. The van der Waals surface area contributed by atoms with Crippen LogP contribution in [0.5, 0.6) is 0 Å². The fourth-order valence-corrected chi connectivity index (χ4v) is 5.60. The van der Waals surface area contributed by atoms with Gasteiger partial charge in [0.15, 0.2) is 0 Å². The van der Waals surface area contributed by atoms with Gasteiger partial charge in [0.1, 0.15) is 5.54 Å². The molecule has 35 heavy (non-hydrogen) atoms. The molecule has 1 aromatic carbocycles. The van der Waals surface area contributed by atoms with Crippen molar-refractivity contribution in [3.05, 3.63) is 35.9 Å². The SMILES string of the molecule is CCCN(CCC(=O)NN1C(=O)NC2(CCCCC2)C1=O)C1CCN(C(=O)c2ccccc2)CC1. The second-order valence-corrected chi connectivity index (χ2v) is 9.92. The van der Waals surface area contributed by atoms with Gasteiger partial charge in [-0.3, -0.25) is 24.7 Å². The number of amides is 5. The summed E-state index contributed by atoms with van der Waals surface area (Å²) in [4.78, 5) is 54.9. The lowest BCUT2D eigenvalue weighted by molar-refractivity contribution is -0.140. The van der Waals surface area contributed by atoms with Crippen LogP contribution < -0.4 is 10.7 Å². The first-order chi connectivity index (χ1) is 16.9. The van der Waals surface area contributed by atoms with Crippen LogP contribution in [0.2, 0.25) is 0 Å². The van der Waals surface area contributed by atoms with E-state index in [1.165, 1.54) is 0 Å². The van der Waals surface area contributed by atoms with Gasteiger partial charge >= 0.3 is 6.03 Å². The zero-order chi connectivity index (χ0) is 24.8. The van der Waals surface area contributed by atoms with E-state index in [9.17, 15) is 19.2 Å². The highest BCUT2D eigenvalue weighted by Gasteiger charge is 2.52. The molecular weight excluding hydrogens is 446 g/mol. The van der Waals surface area contributed by atoms with Crippen LogP contribution in [0.1, 0.15) is 75.1 Å². The van der Waals surface area contributed by atoms with Crippen LogP contribution >= 0.6 is 0 Å². The highest BCUT2D eigenvalue weighted by Crippen LogP contribution is 2.33. The average molecular weight is 484 g/mol. The van der Waals surface area contributed by atoms with Gasteiger partial charge in [0, 0.05) is 37.7 Å². The predicted octanol–water partition coefficient (Wildman–Crippen LogP) is 2.68. The van der Waals surface area contributed by atoms with Crippen LogP contribution in [0.25, 0.3) is 0 Å². The Bertz CT molecular complexity index is 923. The van der Waals surface area contributed by atoms with Crippen LogP contribution in [-0.4, -0.2) is 76.3 Å². The Balaban J connectivity index is 1.27. The molecule has 3 fully saturated rings. The molecule has 0 aromatic heterocycles. The van der Waals surface area contributed by atoms with Crippen molar-refractivity contribution in [3.63, 3.8) is 0 Å². The standard InChI is InChI=1S/C26H37N5O4/c1-2-16-29(21-11-17-30(18-12-21)23(33)20-9-5-3-6-10-20)19-13-22(32)28-31-24(34)26(27-25(31)35)14-7-4-8-15-26/h3,5-6,9-10,21H,2,4,7-8,11-19H2,1H3,(H,27,35)(H,28,32). The number of carbonyl (C=O) groups excluding carboxylic acids is 4. The van der Waals surface area contributed by atoms with Gasteiger partial charge in [-0.25, -0.2) is 4.79 Å². The Morgan fingerprint density at radius 2 is 1.74 bits per heavy atom. The van der Waals surface area contributed by atoms with Crippen LogP contribution in [0.15, 0.2) is 30.3 Å². The second-order valence-electron chi connectivity index (χ2n) is 9.92. The van der Waals surface area contributed by atoms with Gasteiger partial charge in [-0.2, -0.15) is 5.01 Å². The molecule has 4 rings (SSSR count). The first kappa shape index (κ1) is 25.2. The summed E-state index contributed by atoms with van der Waals surface area (Å²) in [6.45, 7) is 4.89. The van der Waals surface area contributed by atoms with E-state index in [0.717, 1.165) is 50.1 Å². The van der Waals surface area contributed by atoms with Gasteiger partial charge in [-0.1, -0.05) is 44.4 Å². The van der Waals surface area contributed by atoms with E-state index in [-0.39, 0.29) is 24.1 Å². The summed E-state index contributed by atoms with van der Waals surface area (Å²) in [5, 5.41) is 3.70.